The van der Waals surface area contributed by atoms with Crippen molar-refractivity contribution in [2.24, 2.45) is 11.3 Å². The molecule has 4 atom stereocenters. The maximum atomic E-state index is 11.7. The summed E-state index contributed by atoms with van der Waals surface area (Å²) in [5.41, 5.74) is 2.16. The van der Waals surface area contributed by atoms with Gasteiger partial charge in [-0.1, -0.05) is 18.1 Å². The van der Waals surface area contributed by atoms with Crippen molar-refractivity contribution in [3.8, 4) is 12.3 Å². The van der Waals surface area contributed by atoms with Crippen LogP contribution in [0.15, 0.2) is 34.6 Å². The number of aliphatic carboxylic acids is 1. The molecule has 1 fully saturated rings. The van der Waals surface area contributed by atoms with Gasteiger partial charge in [0.15, 0.2) is 0 Å². The molecule has 5 N–H and O–H groups in total. The van der Waals surface area contributed by atoms with E-state index < -0.39 is 23.5 Å². The molecule has 1 amide bonds. The molecule has 164 valence electrons. The molecule has 7 heteroatoms. The van der Waals surface area contributed by atoms with Gasteiger partial charge in [-0.3, -0.25) is 9.59 Å². The number of aliphatic hydroxyl groups excluding tert-OH is 2. The summed E-state index contributed by atoms with van der Waals surface area (Å²) in [5, 5.41) is 36.1. The first-order chi connectivity index (χ1) is 14.2. The van der Waals surface area contributed by atoms with Gasteiger partial charge in [-0.2, -0.15) is 0 Å². The van der Waals surface area contributed by atoms with E-state index in [1.165, 1.54) is 6.92 Å². The van der Waals surface area contributed by atoms with Crippen LogP contribution in [0.5, 0.6) is 0 Å². The highest BCUT2D eigenvalue weighted by Gasteiger charge is 2.56. The number of rotatable bonds is 8. The second-order valence-electron chi connectivity index (χ2n) is 7.99. The summed E-state index contributed by atoms with van der Waals surface area (Å²) in [5.74, 6) is 1.59. The molecule has 0 aromatic rings. The van der Waals surface area contributed by atoms with E-state index in [4.69, 9.17) is 11.5 Å². The number of fused-ring (bicyclic) bond motifs is 1. The number of allylic oxidation sites excluding steroid dienone is 4. The van der Waals surface area contributed by atoms with Crippen molar-refractivity contribution >= 4 is 11.9 Å². The minimum atomic E-state index is -0.937. The van der Waals surface area contributed by atoms with E-state index in [1.807, 2.05) is 20.0 Å². The average molecular weight is 417 g/mol. The van der Waals surface area contributed by atoms with Crippen molar-refractivity contribution in [1.82, 2.24) is 10.6 Å². The third-order valence-electron chi connectivity index (χ3n) is 6.42. The van der Waals surface area contributed by atoms with Gasteiger partial charge in [-0.25, -0.2) is 0 Å². The molecule has 1 saturated carbocycles. The molecule has 30 heavy (non-hydrogen) atoms. The number of terminal acetylenes is 1. The summed E-state index contributed by atoms with van der Waals surface area (Å²) in [6.07, 6.45) is 10.7. The molecule has 2 aliphatic rings. The Morgan fingerprint density at radius 3 is 2.57 bits per heavy atom. The predicted octanol–water partition coefficient (Wildman–Crippen LogP) is 1.49. The number of carboxylic acid groups (broad SMARTS) is 1. The number of amides is 1. The van der Waals surface area contributed by atoms with Crippen LogP contribution in [0.1, 0.15) is 46.0 Å². The first-order valence-corrected chi connectivity index (χ1v) is 10.3. The summed E-state index contributed by atoms with van der Waals surface area (Å²) < 4.78 is 0. The third kappa shape index (κ3) is 4.45. The Morgan fingerprint density at radius 1 is 1.33 bits per heavy atom. The van der Waals surface area contributed by atoms with Crippen LogP contribution in [0.4, 0.5) is 0 Å². The molecular formula is C23H32N2O5. The Morgan fingerprint density at radius 2 is 2.03 bits per heavy atom. The van der Waals surface area contributed by atoms with Crippen LogP contribution < -0.4 is 10.6 Å². The zero-order valence-electron chi connectivity index (χ0n) is 17.9. The number of nitrogens with one attached hydrogen (secondary N) is 2. The fraction of sp³-hybridized carbons (Fsp3) is 0.565. The van der Waals surface area contributed by atoms with Crippen molar-refractivity contribution in [2.75, 3.05) is 13.7 Å². The van der Waals surface area contributed by atoms with Crippen LogP contribution in [-0.4, -0.2) is 53.0 Å². The second-order valence-corrected chi connectivity index (χ2v) is 7.99. The third-order valence-corrected chi connectivity index (χ3v) is 6.42. The summed E-state index contributed by atoms with van der Waals surface area (Å²) in [4.78, 5) is 22.8. The van der Waals surface area contributed by atoms with Crippen molar-refractivity contribution in [3.05, 3.63) is 34.6 Å². The van der Waals surface area contributed by atoms with Gasteiger partial charge >= 0.3 is 5.97 Å². The molecule has 2 rings (SSSR count). The van der Waals surface area contributed by atoms with Crippen LogP contribution in [0.3, 0.4) is 0 Å². The molecule has 0 aromatic heterocycles. The fourth-order valence-electron chi connectivity index (χ4n) is 5.10. The normalized spacial score (nSPS) is 29.3. The lowest BCUT2D eigenvalue weighted by Crippen LogP contribution is -2.57. The number of hydrogen-bond donors (Lipinski definition) is 5. The first kappa shape index (κ1) is 23.7. The number of carbonyl (C=O) groups is 2. The Balaban J connectivity index is 2.59. The Bertz CT molecular complexity index is 820. The quantitative estimate of drug-likeness (QED) is 0.302. The van der Waals surface area contributed by atoms with E-state index in [0.29, 0.717) is 29.6 Å². The molecule has 0 radical (unpaired) electrons. The van der Waals surface area contributed by atoms with Gasteiger partial charge in [0.05, 0.1) is 18.8 Å². The van der Waals surface area contributed by atoms with E-state index in [9.17, 15) is 19.8 Å². The maximum absolute atomic E-state index is 11.7. The first-order valence-electron chi connectivity index (χ1n) is 10.3. The standard InChI is InChI=1S/C23H32N2O5/c1-5-17(14(2)16(11-13-26)6-9-21(28)29)23-12-10-19(24-4)18(23)7-8-20(22(23)30)25-15(3)27/h1,10-11,18,20,22,24,26,30H,6-9,12-13H2,2-4H3,(H,25,27)(H,28,29)/b16-11-,17-14+/t18?,20-,22-,23+/m0/s1. The Hall–Kier alpha value is -2.56. The minimum absolute atomic E-state index is 0.0432. The van der Waals surface area contributed by atoms with Crippen LogP contribution in [0, 0.1) is 23.7 Å². The van der Waals surface area contributed by atoms with Crippen molar-refractivity contribution < 1.29 is 24.9 Å². The molecule has 2 aliphatic carbocycles. The highest BCUT2D eigenvalue weighted by molar-refractivity contribution is 5.73. The second kappa shape index (κ2) is 9.96. The smallest absolute Gasteiger partial charge is 0.303 e. The van der Waals surface area contributed by atoms with Crippen LogP contribution in [-0.2, 0) is 9.59 Å². The number of hydrogen-bond acceptors (Lipinski definition) is 5. The lowest BCUT2D eigenvalue weighted by atomic mass is 9.58. The van der Waals surface area contributed by atoms with Crippen molar-refractivity contribution in [2.45, 2.75) is 58.1 Å². The van der Waals surface area contributed by atoms with Crippen molar-refractivity contribution in [1.29, 1.82) is 0 Å². The zero-order valence-corrected chi connectivity index (χ0v) is 17.9. The van der Waals surface area contributed by atoms with Gasteiger partial charge in [-0.05, 0) is 43.8 Å². The average Bonchev–Trinajstić information content (AvgIpc) is 3.07. The molecule has 0 spiro atoms. The number of aliphatic hydroxyl groups is 2. The molecule has 0 aliphatic heterocycles. The van der Waals surface area contributed by atoms with Crippen LogP contribution in [0.2, 0.25) is 0 Å². The molecule has 0 bridgehead atoms. The van der Waals surface area contributed by atoms with Gasteiger partial charge in [0.1, 0.15) is 0 Å². The minimum Gasteiger partial charge on any atom is -0.481 e. The molecule has 0 aromatic carbocycles. The topological polar surface area (TPSA) is 119 Å². The van der Waals surface area contributed by atoms with Crippen LogP contribution in [0.25, 0.3) is 0 Å². The highest BCUT2D eigenvalue weighted by atomic mass is 16.4. The summed E-state index contributed by atoms with van der Waals surface area (Å²) >= 11 is 0. The Kier molecular flexibility index (Phi) is 7.88. The monoisotopic (exact) mass is 416 g/mol. The van der Waals surface area contributed by atoms with E-state index in [-0.39, 0.29) is 31.3 Å². The summed E-state index contributed by atoms with van der Waals surface area (Å²) in [6.45, 7) is 3.00. The largest absolute Gasteiger partial charge is 0.481 e. The van der Waals surface area contributed by atoms with Gasteiger partial charge in [0.25, 0.3) is 0 Å². The van der Waals surface area contributed by atoms with E-state index in [2.05, 4.69) is 16.6 Å². The van der Waals surface area contributed by atoms with Gasteiger partial charge in [-0.15, -0.1) is 6.42 Å². The highest BCUT2D eigenvalue weighted by Crippen LogP contribution is 2.56. The summed E-state index contributed by atoms with van der Waals surface area (Å²) in [6, 6.07) is -0.427. The molecule has 0 heterocycles. The maximum Gasteiger partial charge on any atom is 0.303 e. The molecule has 0 saturated heterocycles. The lowest BCUT2D eigenvalue weighted by Gasteiger charge is -2.49. The van der Waals surface area contributed by atoms with Gasteiger partial charge in [0, 0.05) is 43.0 Å². The lowest BCUT2D eigenvalue weighted by molar-refractivity contribution is -0.137. The van der Waals surface area contributed by atoms with E-state index in [1.54, 1.807) is 6.08 Å². The molecule has 1 unspecified atom stereocenters. The van der Waals surface area contributed by atoms with Crippen molar-refractivity contribution in [3.63, 3.8) is 0 Å². The van der Waals surface area contributed by atoms with E-state index in [0.717, 1.165) is 12.1 Å². The number of carboxylic acids is 1. The summed E-state index contributed by atoms with van der Waals surface area (Å²) in [7, 11) is 1.84. The zero-order chi connectivity index (χ0) is 22.5. The molecular weight excluding hydrogens is 384 g/mol. The predicted molar refractivity (Wildman–Crippen MR) is 114 cm³/mol. The van der Waals surface area contributed by atoms with E-state index >= 15 is 0 Å². The molecule has 7 nitrogen and oxygen atoms in total. The number of carbonyl (C=O) groups excluding carboxylic acids is 1. The SMILES string of the molecule is C#C/C(=C(C)\C(=C/CO)CCC(=O)O)[C@]12CC=C(NC)C1CC[C@H](NC(C)=O)[C@@H]2O. The Labute approximate surface area is 177 Å². The van der Waals surface area contributed by atoms with Gasteiger partial charge < -0.3 is 26.0 Å². The van der Waals surface area contributed by atoms with Gasteiger partial charge in [0.2, 0.25) is 5.91 Å². The van der Waals surface area contributed by atoms with Crippen LogP contribution >= 0.6 is 0 Å². The fourth-order valence-corrected chi connectivity index (χ4v) is 5.10.